The summed E-state index contributed by atoms with van der Waals surface area (Å²) in [6.07, 6.45) is 3.10. The molecule has 0 saturated heterocycles. The van der Waals surface area contributed by atoms with Crippen molar-refractivity contribution in [1.82, 2.24) is 20.6 Å². The smallest absolute Gasteiger partial charge is 0.870 e. The molecule has 2 atom stereocenters. The molecule has 0 aliphatic rings. The largest absolute Gasteiger partial charge is 1.00 e. The number of carboxylic acids is 1. The second-order valence-electron chi connectivity index (χ2n) is 14.3. The van der Waals surface area contributed by atoms with Gasteiger partial charge in [0, 0.05) is 38.3 Å². The summed E-state index contributed by atoms with van der Waals surface area (Å²) in [5.41, 5.74) is 0.592. The molecule has 0 saturated carbocycles. The van der Waals surface area contributed by atoms with Crippen molar-refractivity contribution in [2.24, 2.45) is 0 Å². The van der Waals surface area contributed by atoms with E-state index < -0.39 is 47.4 Å². The zero-order chi connectivity index (χ0) is 40.5. The van der Waals surface area contributed by atoms with Crippen LogP contribution in [0.4, 0.5) is 21.2 Å². The second-order valence-corrected chi connectivity index (χ2v) is 14.3. The normalized spacial score (nSPS) is 11.5. The van der Waals surface area contributed by atoms with Crippen molar-refractivity contribution in [3.63, 3.8) is 0 Å². The third-order valence-corrected chi connectivity index (χ3v) is 6.83. The first kappa shape index (κ1) is 55.6. The summed E-state index contributed by atoms with van der Waals surface area (Å²) in [4.78, 5) is 82.2. The van der Waals surface area contributed by atoms with Crippen molar-refractivity contribution in [2.75, 3.05) is 30.0 Å². The molecule has 0 unspecified atom stereocenters. The fraction of sp³-hybridized carbons (Fsp3) is 0.579. The fourth-order valence-corrected chi connectivity index (χ4v) is 4.29. The zero-order valence-electron chi connectivity index (χ0n) is 34.2. The first-order chi connectivity index (χ1) is 24.5. The number of nitrogens with one attached hydrogen (secondary N) is 2. The van der Waals surface area contributed by atoms with Gasteiger partial charge in [-0.2, -0.15) is 0 Å². The molecule has 0 fully saturated rings. The maximum atomic E-state index is 12.6. The van der Waals surface area contributed by atoms with Gasteiger partial charge in [0.15, 0.2) is 0 Å². The maximum absolute atomic E-state index is 12.6. The van der Waals surface area contributed by atoms with Crippen LogP contribution in [0.1, 0.15) is 99.6 Å². The number of carbonyl (C=O) groups excluding carboxylic acids is 5. The topological polar surface area (TPSA) is 237 Å². The number of ether oxygens (including phenoxy) is 3. The van der Waals surface area contributed by atoms with Crippen LogP contribution in [0.25, 0.3) is 0 Å². The van der Waals surface area contributed by atoms with E-state index in [0.29, 0.717) is 24.5 Å². The number of rotatable bonds is 14. The van der Waals surface area contributed by atoms with Gasteiger partial charge in [-0.1, -0.05) is 7.43 Å². The number of amides is 4. The number of methoxy groups -OCH3 is 1. The minimum atomic E-state index is -1.10. The number of aryl methyl sites for hydroxylation is 2. The predicted octanol–water partition coefficient (Wildman–Crippen LogP) is 2.55. The standard InChI is InChI=1S/C19H29N3O5.C18H27N3O5.CH4.Li.H2O/c1-13-9-10-20-15(12-13)22(18(25)27-19(3,4)5)11-7-8-16(23)21-14(2)17(24)26-6;1-12-8-9-19-14(11-12)21(17(25)26-18(3,4)5)10-6-7-15(22)20-13(2)16(23)24;;;/h9-10,12,14H,7-8,11H2,1-6H3,(H,21,23);8-9,11,13H,6-7,10H2,1-5H3,(H,20,22)(H,23,24);1H4;;1H2/q;;;+1;/p-1/t14-;13-;;;/m00.../s1. The van der Waals surface area contributed by atoms with Crippen LogP contribution in [0.2, 0.25) is 0 Å². The predicted molar refractivity (Wildman–Crippen MR) is 207 cm³/mol. The summed E-state index contributed by atoms with van der Waals surface area (Å²) in [7, 11) is 1.26. The van der Waals surface area contributed by atoms with Crippen molar-refractivity contribution >= 4 is 47.6 Å². The van der Waals surface area contributed by atoms with Crippen LogP contribution >= 0.6 is 0 Å². The molecule has 18 heteroatoms. The molecule has 2 aromatic heterocycles. The third-order valence-electron chi connectivity index (χ3n) is 6.83. The Kier molecular flexibility index (Phi) is 26.0. The van der Waals surface area contributed by atoms with Crippen LogP contribution in [0.3, 0.4) is 0 Å². The number of carboxylic acid groups (broad SMARTS) is 1. The number of aliphatic carboxylic acids is 1. The second kappa shape index (κ2) is 26.2. The van der Waals surface area contributed by atoms with E-state index in [-0.39, 0.29) is 69.5 Å². The molecule has 0 aliphatic carbocycles. The molecule has 4 amide bonds. The van der Waals surface area contributed by atoms with Gasteiger partial charge in [-0.25, -0.2) is 24.4 Å². The summed E-state index contributed by atoms with van der Waals surface area (Å²) in [6, 6.07) is 5.52. The van der Waals surface area contributed by atoms with Crippen LogP contribution in [0, 0.1) is 13.8 Å². The average molecular weight is 785 g/mol. The van der Waals surface area contributed by atoms with Gasteiger partial charge in [0.25, 0.3) is 0 Å². The first-order valence-electron chi connectivity index (χ1n) is 17.3. The van der Waals surface area contributed by atoms with E-state index in [2.05, 4.69) is 25.3 Å². The number of nitrogens with zero attached hydrogens (tertiary/aromatic N) is 4. The number of anilines is 2. The summed E-state index contributed by atoms with van der Waals surface area (Å²) >= 11 is 0. The molecular formula is C38H61LiN6O11. The van der Waals surface area contributed by atoms with Gasteiger partial charge in [0.05, 0.1) is 7.11 Å². The number of pyridine rings is 2. The van der Waals surface area contributed by atoms with Crippen LogP contribution in [0.5, 0.6) is 0 Å². The van der Waals surface area contributed by atoms with E-state index in [0.717, 1.165) is 11.1 Å². The number of esters is 1. The fourth-order valence-electron chi connectivity index (χ4n) is 4.29. The summed E-state index contributed by atoms with van der Waals surface area (Å²) in [5.74, 6) is -1.39. The molecular weight excluding hydrogens is 723 g/mol. The first-order valence-corrected chi connectivity index (χ1v) is 17.3. The molecule has 2 heterocycles. The Morgan fingerprint density at radius 3 is 1.39 bits per heavy atom. The molecule has 0 spiro atoms. The molecule has 2 aromatic rings. The van der Waals surface area contributed by atoms with Gasteiger partial charge in [-0.15, -0.1) is 0 Å². The van der Waals surface area contributed by atoms with E-state index in [1.807, 2.05) is 26.0 Å². The zero-order valence-corrected chi connectivity index (χ0v) is 34.2. The van der Waals surface area contributed by atoms with Crippen molar-refractivity contribution < 1.29 is 72.4 Å². The van der Waals surface area contributed by atoms with Gasteiger partial charge in [0.1, 0.15) is 34.9 Å². The molecule has 56 heavy (non-hydrogen) atoms. The number of hydrogen-bond acceptors (Lipinski definition) is 12. The van der Waals surface area contributed by atoms with E-state index in [9.17, 15) is 28.8 Å². The van der Waals surface area contributed by atoms with E-state index >= 15 is 0 Å². The minimum Gasteiger partial charge on any atom is -0.870 e. The van der Waals surface area contributed by atoms with Gasteiger partial charge < -0.3 is 35.4 Å². The summed E-state index contributed by atoms with van der Waals surface area (Å²) < 4.78 is 15.4. The van der Waals surface area contributed by atoms with Crippen LogP contribution in [0.15, 0.2) is 36.7 Å². The van der Waals surface area contributed by atoms with Crippen molar-refractivity contribution in [3.8, 4) is 0 Å². The van der Waals surface area contributed by atoms with Gasteiger partial charge in [-0.3, -0.25) is 24.2 Å². The minimum absolute atomic E-state index is 0. The third kappa shape index (κ3) is 22.6. The summed E-state index contributed by atoms with van der Waals surface area (Å²) in [5, 5.41) is 13.7. The molecule has 0 aromatic carbocycles. The Morgan fingerprint density at radius 1 is 0.732 bits per heavy atom. The van der Waals surface area contributed by atoms with Gasteiger partial charge in [0.2, 0.25) is 11.8 Å². The van der Waals surface area contributed by atoms with Crippen LogP contribution < -0.4 is 39.3 Å². The van der Waals surface area contributed by atoms with Crippen molar-refractivity contribution in [1.29, 1.82) is 0 Å². The number of hydrogen-bond donors (Lipinski definition) is 3. The Bertz CT molecular complexity index is 1560. The van der Waals surface area contributed by atoms with Crippen molar-refractivity contribution in [2.45, 2.75) is 126 Å². The SMILES string of the molecule is C.COC(=O)[C@H](C)NC(=O)CCCN(C(=O)OC(C)(C)C)c1cc(C)ccn1.Cc1ccnc(N(CCCC(=O)N[C@@H](C)C(=O)O)C(=O)OC(C)(C)C)c1.[Li+].[OH-]. The molecule has 0 bridgehead atoms. The number of aromatic nitrogens is 2. The average Bonchev–Trinajstić information content (AvgIpc) is 3.03. The van der Waals surface area contributed by atoms with Gasteiger partial charge in [-0.05, 0) is 117 Å². The van der Waals surface area contributed by atoms with Crippen LogP contribution in [-0.2, 0) is 33.4 Å². The molecule has 2 rings (SSSR count). The Balaban J connectivity index is -0.000000953. The Labute approximate surface area is 343 Å². The quantitative estimate of drug-likeness (QED) is 0.142. The molecule has 0 aliphatic heterocycles. The molecule has 0 radical (unpaired) electrons. The van der Waals surface area contributed by atoms with Gasteiger partial charge >= 0.3 is 43.0 Å². The van der Waals surface area contributed by atoms with E-state index in [4.69, 9.17) is 14.6 Å². The van der Waals surface area contributed by atoms with E-state index in [1.165, 1.54) is 23.8 Å². The monoisotopic (exact) mass is 784 g/mol. The Morgan fingerprint density at radius 2 is 1.09 bits per heavy atom. The molecule has 17 nitrogen and oxygen atoms in total. The van der Waals surface area contributed by atoms with Crippen LogP contribution in [-0.4, -0.2) is 100.0 Å². The molecule has 4 N–H and O–H groups in total. The molecule has 310 valence electrons. The number of carbonyl (C=O) groups is 6. The van der Waals surface area contributed by atoms with Crippen molar-refractivity contribution in [3.05, 3.63) is 47.8 Å². The maximum Gasteiger partial charge on any atom is 1.00 e. The Hall–Kier alpha value is -4.72. The summed E-state index contributed by atoms with van der Waals surface area (Å²) in [6.45, 7) is 17.9. The van der Waals surface area contributed by atoms with E-state index in [1.54, 1.807) is 73.0 Å².